The largest absolute Gasteiger partial charge is 0.478 e. The minimum atomic E-state index is -3.47. The highest BCUT2D eigenvalue weighted by Crippen LogP contribution is 2.15. The number of rotatable bonds is 8. The Kier molecular flexibility index (Phi) is 6.52. The van der Waals surface area contributed by atoms with Crippen molar-refractivity contribution in [1.29, 1.82) is 0 Å². The van der Waals surface area contributed by atoms with Gasteiger partial charge in [0.05, 0.1) is 17.3 Å². The number of ether oxygens (including phenoxy) is 1. The molecule has 0 unspecified atom stereocenters. The molecule has 0 bridgehead atoms. The van der Waals surface area contributed by atoms with Crippen molar-refractivity contribution in [3.8, 4) is 5.88 Å². The first kappa shape index (κ1) is 18.9. The van der Waals surface area contributed by atoms with Crippen LogP contribution >= 0.6 is 0 Å². The zero-order valence-electron chi connectivity index (χ0n) is 14.4. The molecule has 1 heterocycles. The fourth-order valence-corrected chi connectivity index (χ4v) is 3.44. The van der Waals surface area contributed by atoms with E-state index in [1.54, 1.807) is 42.6 Å². The Morgan fingerprint density at radius 3 is 2.60 bits per heavy atom. The Morgan fingerprint density at radius 2 is 1.92 bits per heavy atom. The molecule has 0 fully saturated rings. The molecule has 134 valence electrons. The molecule has 25 heavy (non-hydrogen) atoms. The van der Waals surface area contributed by atoms with Crippen molar-refractivity contribution < 1.29 is 17.9 Å². The van der Waals surface area contributed by atoms with E-state index in [1.165, 1.54) is 0 Å². The average Bonchev–Trinajstić information content (AvgIpc) is 2.60. The van der Waals surface area contributed by atoms with Gasteiger partial charge in [0.1, 0.15) is 0 Å². The van der Waals surface area contributed by atoms with Crippen LogP contribution in [0.15, 0.2) is 47.5 Å². The van der Waals surface area contributed by atoms with E-state index in [4.69, 9.17) is 4.74 Å². The van der Waals surface area contributed by atoms with Crippen LogP contribution < -0.4 is 10.1 Å². The molecule has 7 heteroatoms. The van der Waals surface area contributed by atoms with E-state index in [0.29, 0.717) is 12.5 Å². The van der Waals surface area contributed by atoms with Gasteiger partial charge in [0, 0.05) is 24.7 Å². The summed E-state index contributed by atoms with van der Waals surface area (Å²) in [6.07, 6.45) is 1.52. The molecule has 0 aliphatic heterocycles. The highest BCUT2D eigenvalue weighted by Gasteiger charge is 2.16. The van der Waals surface area contributed by atoms with Crippen molar-refractivity contribution in [1.82, 2.24) is 10.3 Å². The molecule has 0 atom stereocenters. The first-order chi connectivity index (χ1) is 11.9. The monoisotopic (exact) mass is 362 g/mol. The number of amides is 1. The highest BCUT2D eigenvalue weighted by molar-refractivity contribution is 7.91. The SMILES string of the molecule is CCOc1ncccc1CNC(=O)CCS(=O)(=O)c1ccc(C)cc1. The average molecular weight is 362 g/mol. The van der Waals surface area contributed by atoms with E-state index in [9.17, 15) is 13.2 Å². The maximum absolute atomic E-state index is 12.3. The Hall–Kier alpha value is -2.41. The van der Waals surface area contributed by atoms with Gasteiger partial charge in [0.25, 0.3) is 0 Å². The lowest BCUT2D eigenvalue weighted by atomic mass is 10.2. The van der Waals surface area contributed by atoms with Crippen LogP contribution in [0.5, 0.6) is 5.88 Å². The first-order valence-corrected chi connectivity index (χ1v) is 9.70. The van der Waals surface area contributed by atoms with Crippen molar-refractivity contribution in [2.45, 2.75) is 31.7 Å². The van der Waals surface area contributed by atoms with Gasteiger partial charge in [-0.2, -0.15) is 0 Å². The molecule has 1 amide bonds. The topological polar surface area (TPSA) is 85.4 Å². The minimum absolute atomic E-state index is 0.0968. The number of hydrogen-bond acceptors (Lipinski definition) is 5. The molecule has 0 aliphatic carbocycles. The van der Waals surface area contributed by atoms with Crippen molar-refractivity contribution in [3.05, 3.63) is 53.7 Å². The van der Waals surface area contributed by atoms with Crippen LogP contribution in [0.2, 0.25) is 0 Å². The number of benzene rings is 1. The molecule has 1 aromatic carbocycles. The molecule has 0 saturated heterocycles. The summed E-state index contributed by atoms with van der Waals surface area (Å²) in [5.41, 5.74) is 1.73. The number of aryl methyl sites for hydroxylation is 1. The first-order valence-electron chi connectivity index (χ1n) is 8.05. The quantitative estimate of drug-likeness (QED) is 0.779. The zero-order chi connectivity index (χ0) is 18.3. The van der Waals surface area contributed by atoms with Crippen molar-refractivity contribution in [2.75, 3.05) is 12.4 Å². The summed E-state index contributed by atoms with van der Waals surface area (Å²) < 4.78 is 29.9. The fourth-order valence-electron chi connectivity index (χ4n) is 2.20. The molecule has 0 aliphatic rings. The van der Waals surface area contributed by atoms with E-state index < -0.39 is 9.84 Å². The third-order valence-corrected chi connectivity index (χ3v) is 5.32. The van der Waals surface area contributed by atoms with E-state index >= 15 is 0 Å². The summed E-state index contributed by atoms with van der Waals surface area (Å²) in [4.78, 5) is 16.3. The number of carbonyl (C=O) groups is 1. The number of carbonyl (C=O) groups excluding carboxylic acids is 1. The zero-order valence-corrected chi connectivity index (χ0v) is 15.2. The number of sulfone groups is 1. The molecule has 0 spiro atoms. The second kappa shape index (κ2) is 8.62. The predicted molar refractivity (Wildman–Crippen MR) is 95.1 cm³/mol. The molecular formula is C18H22N2O4S. The minimum Gasteiger partial charge on any atom is -0.478 e. The number of pyridine rings is 1. The van der Waals surface area contributed by atoms with Crippen molar-refractivity contribution >= 4 is 15.7 Å². The van der Waals surface area contributed by atoms with Gasteiger partial charge in [-0.15, -0.1) is 0 Å². The molecule has 1 aromatic heterocycles. The normalized spacial score (nSPS) is 11.1. The van der Waals surface area contributed by atoms with Gasteiger partial charge < -0.3 is 10.1 Å². The molecule has 0 radical (unpaired) electrons. The van der Waals surface area contributed by atoms with Gasteiger partial charge >= 0.3 is 0 Å². The number of nitrogens with zero attached hydrogens (tertiary/aromatic N) is 1. The summed E-state index contributed by atoms with van der Waals surface area (Å²) in [6.45, 7) is 4.46. The van der Waals surface area contributed by atoms with E-state index in [1.807, 2.05) is 13.8 Å². The van der Waals surface area contributed by atoms with Crippen molar-refractivity contribution in [2.24, 2.45) is 0 Å². The van der Waals surface area contributed by atoms with Crippen LogP contribution in [-0.4, -0.2) is 31.7 Å². The van der Waals surface area contributed by atoms with Crippen LogP contribution in [0.4, 0.5) is 0 Å². The lowest BCUT2D eigenvalue weighted by Crippen LogP contribution is -2.25. The predicted octanol–water partition coefficient (Wildman–Crippen LogP) is 2.27. The van der Waals surface area contributed by atoms with Crippen molar-refractivity contribution in [3.63, 3.8) is 0 Å². The van der Waals surface area contributed by atoms with E-state index in [2.05, 4.69) is 10.3 Å². The summed E-state index contributed by atoms with van der Waals surface area (Å²) >= 11 is 0. The van der Waals surface area contributed by atoms with Crippen LogP contribution in [0.3, 0.4) is 0 Å². The third kappa shape index (κ3) is 5.56. The summed E-state index contributed by atoms with van der Waals surface area (Å²) in [7, 11) is -3.47. The maximum atomic E-state index is 12.3. The Balaban J connectivity index is 1.89. The Morgan fingerprint density at radius 1 is 1.20 bits per heavy atom. The molecule has 2 rings (SSSR count). The number of hydrogen-bond donors (Lipinski definition) is 1. The summed E-state index contributed by atoms with van der Waals surface area (Å²) in [6, 6.07) is 10.2. The Labute approximate surface area is 148 Å². The maximum Gasteiger partial charge on any atom is 0.221 e. The fraction of sp³-hybridized carbons (Fsp3) is 0.333. The third-order valence-electron chi connectivity index (χ3n) is 3.58. The molecule has 2 aromatic rings. The smallest absolute Gasteiger partial charge is 0.221 e. The van der Waals surface area contributed by atoms with Gasteiger partial charge in [0.15, 0.2) is 9.84 Å². The van der Waals surface area contributed by atoms with Gasteiger partial charge in [-0.3, -0.25) is 4.79 Å². The second-order valence-electron chi connectivity index (χ2n) is 5.56. The number of nitrogens with one attached hydrogen (secondary N) is 1. The standard InChI is InChI=1S/C18H22N2O4S/c1-3-24-18-15(5-4-11-19-18)13-20-17(21)10-12-25(22,23)16-8-6-14(2)7-9-16/h4-9,11H,3,10,12-13H2,1-2H3,(H,20,21). The molecule has 6 nitrogen and oxygen atoms in total. The van der Waals surface area contributed by atoms with Crippen LogP contribution in [-0.2, 0) is 21.2 Å². The summed E-state index contributed by atoms with van der Waals surface area (Å²) in [5, 5.41) is 2.71. The van der Waals surface area contributed by atoms with Gasteiger partial charge in [0.2, 0.25) is 11.8 Å². The van der Waals surface area contributed by atoms with E-state index in [-0.39, 0.29) is 29.5 Å². The number of aromatic nitrogens is 1. The highest BCUT2D eigenvalue weighted by atomic mass is 32.2. The molecule has 0 saturated carbocycles. The van der Waals surface area contributed by atoms with E-state index in [0.717, 1.165) is 11.1 Å². The lowest BCUT2D eigenvalue weighted by Gasteiger charge is -2.10. The van der Waals surface area contributed by atoms with Gasteiger partial charge in [-0.25, -0.2) is 13.4 Å². The van der Waals surface area contributed by atoms with Gasteiger partial charge in [-0.05, 0) is 32.0 Å². The lowest BCUT2D eigenvalue weighted by molar-refractivity contribution is -0.120. The molecular weight excluding hydrogens is 340 g/mol. The molecule has 1 N–H and O–H groups in total. The van der Waals surface area contributed by atoms with Gasteiger partial charge in [-0.1, -0.05) is 23.8 Å². The van der Waals surface area contributed by atoms with Crippen LogP contribution in [0.1, 0.15) is 24.5 Å². The van der Waals surface area contributed by atoms with Crippen LogP contribution in [0.25, 0.3) is 0 Å². The van der Waals surface area contributed by atoms with Crippen LogP contribution in [0, 0.1) is 6.92 Å². The summed E-state index contributed by atoms with van der Waals surface area (Å²) in [5.74, 6) is -0.0904. The Bertz CT molecular complexity index is 817. The second-order valence-corrected chi connectivity index (χ2v) is 7.67.